The standard InChI is InChI=1S/C22H22N4O4S2/c1-11-5-6-17-23-15(7-18(27)26(17)8-11)9-30-22(29)14(4)31-10-16-24-20(28)19-12(2)13(3)32-21(19)25-16/h5-8,14H,9-10H2,1-4H3,(H,24,25,28). The number of fused-ring (bicyclic) bond motifs is 2. The summed E-state index contributed by atoms with van der Waals surface area (Å²) in [5.74, 6) is 0.465. The van der Waals surface area contributed by atoms with E-state index in [2.05, 4.69) is 15.0 Å². The van der Waals surface area contributed by atoms with Crippen molar-refractivity contribution in [3.05, 3.63) is 72.6 Å². The van der Waals surface area contributed by atoms with Crippen molar-refractivity contribution in [2.75, 3.05) is 0 Å². The van der Waals surface area contributed by atoms with E-state index < -0.39 is 11.2 Å². The molecule has 0 spiro atoms. The summed E-state index contributed by atoms with van der Waals surface area (Å²) in [5, 5.41) is 0.148. The summed E-state index contributed by atoms with van der Waals surface area (Å²) in [6.45, 7) is 7.42. The fraction of sp³-hybridized carbons (Fsp3) is 0.318. The molecule has 0 saturated carbocycles. The summed E-state index contributed by atoms with van der Waals surface area (Å²) in [6, 6.07) is 4.99. The molecular formula is C22H22N4O4S2. The number of hydrogen-bond acceptors (Lipinski definition) is 8. The van der Waals surface area contributed by atoms with Gasteiger partial charge < -0.3 is 9.72 Å². The Bertz CT molecular complexity index is 1450. The van der Waals surface area contributed by atoms with Crippen molar-refractivity contribution in [3.63, 3.8) is 0 Å². The summed E-state index contributed by atoms with van der Waals surface area (Å²) >= 11 is 2.81. The van der Waals surface area contributed by atoms with Crippen molar-refractivity contribution in [1.82, 2.24) is 19.4 Å². The maximum absolute atomic E-state index is 12.4. The van der Waals surface area contributed by atoms with E-state index in [4.69, 9.17) is 4.74 Å². The molecule has 166 valence electrons. The average Bonchev–Trinajstić information content (AvgIpc) is 3.04. The van der Waals surface area contributed by atoms with Crippen molar-refractivity contribution in [2.24, 2.45) is 0 Å². The number of hydrogen-bond donors (Lipinski definition) is 1. The third-order valence-corrected chi connectivity index (χ3v) is 7.35. The predicted octanol–water partition coefficient (Wildman–Crippen LogP) is 3.28. The van der Waals surface area contributed by atoms with E-state index in [0.29, 0.717) is 33.1 Å². The molecule has 0 aliphatic carbocycles. The molecule has 0 saturated heterocycles. The molecule has 4 aromatic rings. The second-order valence-electron chi connectivity index (χ2n) is 7.56. The molecule has 32 heavy (non-hydrogen) atoms. The van der Waals surface area contributed by atoms with Gasteiger partial charge in [0.2, 0.25) is 0 Å². The third kappa shape index (κ3) is 4.46. The zero-order valence-electron chi connectivity index (χ0n) is 18.1. The van der Waals surface area contributed by atoms with Crippen molar-refractivity contribution >= 4 is 44.9 Å². The molecule has 0 radical (unpaired) electrons. The molecule has 0 aromatic carbocycles. The number of thioether (sulfide) groups is 1. The number of H-pyrrole nitrogens is 1. The number of esters is 1. The molecule has 1 atom stereocenters. The van der Waals surface area contributed by atoms with Crippen LogP contribution in [0.1, 0.15) is 34.4 Å². The molecular weight excluding hydrogens is 448 g/mol. The van der Waals surface area contributed by atoms with Gasteiger partial charge in [0.25, 0.3) is 11.1 Å². The highest BCUT2D eigenvalue weighted by Crippen LogP contribution is 2.26. The van der Waals surface area contributed by atoms with Crippen LogP contribution in [0.3, 0.4) is 0 Å². The van der Waals surface area contributed by atoms with Crippen LogP contribution >= 0.6 is 23.1 Å². The largest absolute Gasteiger partial charge is 0.458 e. The van der Waals surface area contributed by atoms with E-state index in [0.717, 1.165) is 16.0 Å². The molecule has 4 aromatic heterocycles. The van der Waals surface area contributed by atoms with Crippen LogP contribution in [0.25, 0.3) is 15.9 Å². The lowest BCUT2D eigenvalue weighted by Gasteiger charge is -2.11. The highest BCUT2D eigenvalue weighted by molar-refractivity contribution is 7.99. The zero-order chi connectivity index (χ0) is 23.0. The Balaban J connectivity index is 1.39. The molecule has 4 heterocycles. The first kappa shape index (κ1) is 22.2. The second-order valence-corrected chi connectivity index (χ2v) is 10.1. The molecule has 0 amide bonds. The van der Waals surface area contributed by atoms with Crippen LogP contribution < -0.4 is 11.1 Å². The number of aromatic nitrogens is 4. The number of rotatable bonds is 6. The van der Waals surface area contributed by atoms with Crippen LogP contribution in [0, 0.1) is 20.8 Å². The number of nitrogens with zero attached hydrogens (tertiary/aromatic N) is 3. The van der Waals surface area contributed by atoms with Gasteiger partial charge in [-0.05, 0) is 44.9 Å². The number of thiophene rings is 1. The third-order valence-electron chi connectivity index (χ3n) is 5.11. The molecule has 0 aliphatic heterocycles. The van der Waals surface area contributed by atoms with Crippen molar-refractivity contribution in [3.8, 4) is 0 Å². The molecule has 4 rings (SSSR count). The summed E-state index contributed by atoms with van der Waals surface area (Å²) in [7, 11) is 0. The van der Waals surface area contributed by atoms with Gasteiger partial charge in [-0.2, -0.15) is 0 Å². The van der Waals surface area contributed by atoms with E-state index in [1.54, 1.807) is 19.2 Å². The SMILES string of the molecule is Cc1ccc2nc(COC(=O)C(C)SCc3nc4sc(C)c(C)c4c(=O)[nH]3)cc(=O)n2c1. The van der Waals surface area contributed by atoms with Crippen molar-refractivity contribution in [1.29, 1.82) is 0 Å². The molecule has 0 aliphatic rings. The normalized spacial score (nSPS) is 12.4. The Hall–Kier alpha value is -2.98. The number of carbonyl (C=O) groups is 1. The van der Waals surface area contributed by atoms with Gasteiger partial charge in [0.1, 0.15) is 28.2 Å². The van der Waals surface area contributed by atoms with E-state index in [9.17, 15) is 14.4 Å². The highest BCUT2D eigenvalue weighted by Gasteiger charge is 2.18. The molecule has 1 unspecified atom stereocenters. The molecule has 0 fully saturated rings. The fourth-order valence-corrected chi connectivity index (χ4v) is 5.03. The number of nitrogens with one attached hydrogen (secondary N) is 1. The Morgan fingerprint density at radius 2 is 2.03 bits per heavy atom. The lowest BCUT2D eigenvalue weighted by molar-refractivity contribution is -0.144. The van der Waals surface area contributed by atoms with Gasteiger partial charge in [-0.3, -0.25) is 18.8 Å². The van der Waals surface area contributed by atoms with Gasteiger partial charge in [0.15, 0.2) is 0 Å². The van der Waals surface area contributed by atoms with E-state index in [-0.39, 0.29) is 17.7 Å². The van der Waals surface area contributed by atoms with Crippen LogP contribution in [0.2, 0.25) is 0 Å². The predicted molar refractivity (Wildman–Crippen MR) is 126 cm³/mol. The van der Waals surface area contributed by atoms with Gasteiger partial charge in [0, 0.05) is 17.1 Å². The first-order valence-corrected chi connectivity index (χ1v) is 11.9. The molecule has 8 nitrogen and oxygen atoms in total. The maximum atomic E-state index is 12.4. The zero-order valence-corrected chi connectivity index (χ0v) is 19.7. The van der Waals surface area contributed by atoms with E-state index in [1.165, 1.54) is 33.6 Å². The summed E-state index contributed by atoms with van der Waals surface area (Å²) in [5.41, 5.74) is 2.41. The topological polar surface area (TPSA) is 106 Å². The highest BCUT2D eigenvalue weighted by atomic mass is 32.2. The van der Waals surface area contributed by atoms with E-state index >= 15 is 0 Å². The van der Waals surface area contributed by atoms with Crippen molar-refractivity contribution < 1.29 is 9.53 Å². The lowest BCUT2D eigenvalue weighted by Crippen LogP contribution is -2.20. The summed E-state index contributed by atoms with van der Waals surface area (Å²) < 4.78 is 6.82. The minimum absolute atomic E-state index is 0.0852. The van der Waals surface area contributed by atoms with Crippen LogP contribution in [-0.2, 0) is 21.9 Å². The number of ether oxygens (including phenoxy) is 1. The van der Waals surface area contributed by atoms with Gasteiger partial charge in [0.05, 0.1) is 16.8 Å². The molecule has 0 bridgehead atoms. The van der Waals surface area contributed by atoms with Gasteiger partial charge in [-0.15, -0.1) is 23.1 Å². The van der Waals surface area contributed by atoms with Gasteiger partial charge in [-0.25, -0.2) is 9.97 Å². The Morgan fingerprint density at radius 1 is 1.25 bits per heavy atom. The minimum atomic E-state index is -0.480. The van der Waals surface area contributed by atoms with E-state index in [1.807, 2.05) is 26.8 Å². The average molecular weight is 471 g/mol. The first-order chi connectivity index (χ1) is 15.2. The minimum Gasteiger partial charge on any atom is -0.458 e. The summed E-state index contributed by atoms with van der Waals surface area (Å²) in [4.78, 5) is 50.6. The molecule has 1 N–H and O–H groups in total. The van der Waals surface area contributed by atoms with Crippen LogP contribution in [0.15, 0.2) is 34.0 Å². The Kier molecular flexibility index (Phi) is 6.16. The maximum Gasteiger partial charge on any atom is 0.319 e. The first-order valence-electron chi connectivity index (χ1n) is 9.99. The quantitative estimate of drug-likeness (QED) is 0.431. The van der Waals surface area contributed by atoms with Gasteiger partial charge >= 0.3 is 5.97 Å². The monoisotopic (exact) mass is 470 g/mol. The van der Waals surface area contributed by atoms with Crippen LogP contribution in [-0.4, -0.2) is 30.6 Å². The lowest BCUT2D eigenvalue weighted by atomic mass is 10.2. The van der Waals surface area contributed by atoms with Crippen molar-refractivity contribution in [2.45, 2.75) is 45.3 Å². The van der Waals surface area contributed by atoms with Crippen LogP contribution in [0.5, 0.6) is 0 Å². The number of aromatic amines is 1. The number of aryl methyl sites for hydroxylation is 3. The number of carbonyl (C=O) groups excluding carboxylic acids is 1. The van der Waals surface area contributed by atoms with Crippen LogP contribution in [0.4, 0.5) is 0 Å². The Labute approximate surface area is 191 Å². The Morgan fingerprint density at radius 3 is 2.81 bits per heavy atom. The summed E-state index contributed by atoms with van der Waals surface area (Å²) in [6.07, 6.45) is 1.72. The number of pyridine rings is 1. The smallest absolute Gasteiger partial charge is 0.319 e. The van der Waals surface area contributed by atoms with Gasteiger partial charge in [-0.1, -0.05) is 6.07 Å². The molecule has 10 heteroatoms. The fourth-order valence-electron chi connectivity index (χ4n) is 3.23. The second kappa shape index (κ2) is 8.87.